The summed E-state index contributed by atoms with van der Waals surface area (Å²) in [6, 6.07) is 7.72. The fourth-order valence-corrected chi connectivity index (χ4v) is 3.31. The van der Waals surface area contributed by atoms with E-state index in [4.69, 9.17) is 30.5 Å². The van der Waals surface area contributed by atoms with Gasteiger partial charge in [0.15, 0.2) is 5.79 Å². The molecular weight excluding hydrogens is 292 g/mol. The Morgan fingerprint density at radius 3 is 2.90 bits per heavy atom. The lowest BCUT2D eigenvalue weighted by atomic mass is 9.96. The first kappa shape index (κ1) is 15.3. The van der Waals surface area contributed by atoms with Crippen LogP contribution >= 0.6 is 11.6 Å². The van der Waals surface area contributed by atoms with Gasteiger partial charge < -0.3 is 18.9 Å². The third-order valence-electron chi connectivity index (χ3n) is 4.38. The predicted molar refractivity (Wildman–Crippen MR) is 79.3 cm³/mol. The summed E-state index contributed by atoms with van der Waals surface area (Å²) in [6.07, 6.45) is 1.39. The first-order valence-corrected chi connectivity index (χ1v) is 7.76. The standard InChI is InChI=1S/C16H21ClO4/c1-3-16-15(18-2)8-13(14(21-16)10-20-16)19-9-11-6-4-5-7-12(11)17/h4-7,13-15H,3,8-10H2,1-2H3/t13-,14+,15+,16?/m0/s1. The fraction of sp³-hybridized carbons (Fsp3) is 0.625. The van der Waals surface area contributed by atoms with E-state index in [1.54, 1.807) is 7.11 Å². The zero-order valence-corrected chi connectivity index (χ0v) is 13.1. The summed E-state index contributed by atoms with van der Waals surface area (Å²) in [5.41, 5.74) is 0.986. The largest absolute Gasteiger partial charge is 0.376 e. The van der Waals surface area contributed by atoms with Gasteiger partial charge >= 0.3 is 0 Å². The topological polar surface area (TPSA) is 36.9 Å². The zero-order valence-electron chi connectivity index (χ0n) is 12.4. The molecule has 0 amide bonds. The van der Waals surface area contributed by atoms with Gasteiger partial charge in [0.05, 0.1) is 19.3 Å². The minimum atomic E-state index is -0.594. The number of ether oxygens (including phenoxy) is 4. The van der Waals surface area contributed by atoms with Gasteiger partial charge in [-0.2, -0.15) is 0 Å². The number of methoxy groups -OCH3 is 1. The van der Waals surface area contributed by atoms with Crippen molar-refractivity contribution in [1.82, 2.24) is 0 Å². The Bertz CT molecular complexity index is 495. The van der Waals surface area contributed by atoms with Crippen LogP contribution in [0, 0.1) is 0 Å². The normalized spacial score (nSPS) is 35.1. The number of hydrogen-bond acceptors (Lipinski definition) is 4. The molecule has 2 fully saturated rings. The van der Waals surface area contributed by atoms with Crippen LogP contribution in [-0.4, -0.2) is 37.8 Å². The van der Waals surface area contributed by atoms with Crippen LogP contribution < -0.4 is 0 Å². The van der Waals surface area contributed by atoms with Gasteiger partial charge in [0.1, 0.15) is 12.2 Å². The molecule has 116 valence electrons. The number of halogens is 1. The maximum Gasteiger partial charge on any atom is 0.195 e. The summed E-state index contributed by atoms with van der Waals surface area (Å²) in [4.78, 5) is 0. The second-order valence-corrected chi connectivity index (χ2v) is 5.94. The van der Waals surface area contributed by atoms with E-state index in [2.05, 4.69) is 6.92 Å². The monoisotopic (exact) mass is 312 g/mol. The highest BCUT2D eigenvalue weighted by atomic mass is 35.5. The van der Waals surface area contributed by atoms with Gasteiger partial charge in [-0.15, -0.1) is 0 Å². The van der Waals surface area contributed by atoms with Gasteiger partial charge in [-0.1, -0.05) is 36.7 Å². The molecule has 1 aromatic rings. The van der Waals surface area contributed by atoms with E-state index in [0.29, 0.717) is 13.2 Å². The molecule has 21 heavy (non-hydrogen) atoms. The van der Waals surface area contributed by atoms with Crippen molar-refractivity contribution in [3.05, 3.63) is 34.9 Å². The van der Waals surface area contributed by atoms with Gasteiger partial charge in [-0.25, -0.2) is 0 Å². The Labute approximate surface area is 130 Å². The molecule has 2 heterocycles. The van der Waals surface area contributed by atoms with E-state index in [1.165, 1.54) is 0 Å². The molecule has 0 spiro atoms. The summed E-state index contributed by atoms with van der Waals surface area (Å²) in [7, 11) is 1.69. The lowest BCUT2D eigenvalue weighted by molar-refractivity contribution is -0.275. The van der Waals surface area contributed by atoms with Crippen molar-refractivity contribution in [1.29, 1.82) is 0 Å². The molecule has 3 rings (SSSR count). The summed E-state index contributed by atoms with van der Waals surface area (Å²) < 4.78 is 23.5. The molecule has 2 aliphatic rings. The van der Waals surface area contributed by atoms with Crippen LogP contribution in [0.5, 0.6) is 0 Å². The van der Waals surface area contributed by atoms with Gasteiger partial charge in [-0.3, -0.25) is 0 Å². The summed E-state index contributed by atoms with van der Waals surface area (Å²) in [5, 5.41) is 0.725. The second-order valence-electron chi connectivity index (χ2n) is 5.53. The van der Waals surface area contributed by atoms with Crippen molar-refractivity contribution in [2.45, 2.75) is 50.5 Å². The Balaban J connectivity index is 1.66. The summed E-state index contributed by atoms with van der Waals surface area (Å²) in [6.45, 7) is 3.08. The molecule has 0 aliphatic carbocycles. The van der Waals surface area contributed by atoms with Crippen molar-refractivity contribution in [3.63, 3.8) is 0 Å². The zero-order chi connectivity index (χ0) is 14.9. The average molecular weight is 313 g/mol. The van der Waals surface area contributed by atoms with Crippen molar-refractivity contribution in [3.8, 4) is 0 Å². The third-order valence-corrected chi connectivity index (χ3v) is 4.75. The smallest absolute Gasteiger partial charge is 0.195 e. The van der Waals surface area contributed by atoms with Crippen molar-refractivity contribution >= 4 is 11.6 Å². The highest BCUT2D eigenvalue weighted by Crippen LogP contribution is 2.41. The SMILES string of the molecule is CCC12OC[C@@H](O1)[C@@H](OCc1ccccc1Cl)C[C@H]2OC. The van der Waals surface area contributed by atoms with Crippen LogP contribution in [-0.2, 0) is 25.6 Å². The number of hydrogen-bond donors (Lipinski definition) is 0. The van der Waals surface area contributed by atoms with Crippen LogP contribution in [0.4, 0.5) is 0 Å². The Kier molecular flexibility index (Phi) is 4.52. The van der Waals surface area contributed by atoms with Gasteiger partial charge in [0.25, 0.3) is 0 Å². The van der Waals surface area contributed by atoms with Crippen LogP contribution in [0.3, 0.4) is 0 Å². The number of fused-ring (bicyclic) bond motifs is 2. The number of benzene rings is 1. The molecule has 4 atom stereocenters. The first-order chi connectivity index (χ1) is 10.2. The molecule has 1 unspecified atom stereocenters. The van der Waals surface area contributed by atoms with E-state index in [-0.39, 0.29) is 18.3 Å². The first-order valence-electron chi connectivity index (χ1n) is 7.38. The second kappa shape index (κ2) is 6.23. The molecule has 2 bridgehead atoms. The van der Waals surface area contributed by atoms with Crippen molar-refractivity contribution < 1.29 is 18.9 Å². The van der Waals surface area contributed by atoms with Crippen LogP contribution in [0.1, 0.15) is 25.3 Å². The van der Waals surface area contributed by atoms with Gasteiger partial charge in [0, 0.05) is 25.0 Å². The van der Waals surface area contributed by atoms with Gasteiger partial charge in [0.2, 0.25) is 0 Å². The molecule has 2 aliphatic heterocycles. The minimum absolute atomic E-state index is 0.0289. The Morgan fingerprint density at radius 2 is 2.19 bits per heavy atom. The summed E-state index contributed by atoms with van der Waals surface area (Å²) >= 11 is 6.16. The number of rotatable bonds is 5. The highest BCUT2D eigenvalue weighted by Gasteiger charge is 2.54. The lowest BCUT2D eigenvalue weighted by Crippen LogP contribution is -2.52. The van der Waals surface area contributed by atoms with E-state index in [0.717, 1.165) is 23.4 Å². The van der Waals surface area contributed by atoms with E-state index >= 15 is 0 Å². The molecule has 1 aromatic carbocycles. The minimum Gasteiger partial charge on any atom is -0.376 e. The fourth-order valence-electron chi connectivity index (χ4n) is 3.12. The van der Waals surface area contributed by atoms with E-state index in [9.17, 15) is 0 Å². The molecule has 0 saturated carbocycles. The third kappa shape index (κ3) is 2.83. The quantitative estimate of drug-likeness (QED) is 0.837. The molecule has 2 saturated heterocycles. The van der Waals surface area contributed by atoms with Crippen LogP contribution in [0.25, 0.3) is 0 Å². The molecular formula is C16H21ClO4. The summed E-state index contributed by atoms with van der Waals surface area (Å²) in [5.74, 6) is -0.594. The van der Waals surface area contributed by atoms with Crippen LogP contribution in [0.2, 0.25) is 5.02 Å². The molecule has 0 radical (unpaired) electrons. The Morgan fingerprint density at radius 1 is 1.38 bits per heavy atom. The predicted octanol–water partition coefficient (Wildman–Crippen LogP) is 3.17. The highest BCUT2D eigenvalue weighted by molar-refractivity contribution is 6.31. The maximum atomic E-state index is 6.16. The Hall–Kier alpha value is -0.650. The maximum absolute atomic E-state index is 6.16. The van der Waals surface area contributed by atoms with Gasteiger partial charge in [-0.05, 0) is 11.6 Å². The van der Waals surface area contributed by atoms with Crippen molar-refractivity contribution in [2.24, 2.45) is 0 Å². The lowest BCUT2D eigenvalue weighted by Gasteiger charge is -2.40. The van der Waals surface area contributed by atoms with Crippen LogP contribution in [0.15, 0.2) is 24.3 Å². The van der Waals surface area contributed by atoms with Crippen molar-refractivity contribution in [2.75, 3.05) is 13.7 Å². The molecule has 0 N–H and O–H groups in total. The molecule has 0 aromatic heterocycles. The van der Waals surface area contributed by atoms with E-state index in [1.807, 2.05) is 24.3 Å². The molecule has 5 heteroatoms. The average Bonchev–Trinajstić information content (AvgIpc) is 2.89. The van der Waals surface area contributed by atoms with E-state index < -0.39 is 5.79 Å². The molecule has 4 nitrogen and oxygen atoms in total.